The van der Waals surface area contributed by atoms with Crippen LogP contribution in [0.15, 0.2) is 12.3 Å². The van der Waals surface area contributed by atoms with E-state index in [0.29, 0.717) is 6.54 Å². The number of hydrogen-bond acceptors (Lipinski definition) is 3. The van der Waals surface area contributed by atoms with Crippen LogP contribution < -0.4 is 5.73 Å². The van der Waals surface area contributed by atoms with Gasteiger partial charge in [0.05, 0.1) is 0 Å². The lowest BCUT2D eigenvalue weighted by Crippen LogP contribution is -2.31. The molecule has 0 saturated heterocycles. The summed E-state index contributed by atoms with van der Waals surface area (Å²) in [6.45, 7) is 2.44. The summed E-state index contributed by atoms with van der Waals surface area (Å²) >= 11 is 0. The highest BCUT2D eigenvalue weighted by Gasteiger charge is 2.07. The lowest BCUT2D eigenvalue weighted by atomic mass is 10.2. The first-order valence-corrected chi connectivity index (χ1v) is 4.54. The molecule has 0 heterocycles. The van der Waals surface area contributed by atoms with Crippen LogP contribution in [0.2, 0.25) is 0 Å². The van der Waals surface area contributed by atoms with Crippen molar-refractivity contribution in [3.63, 3.8) is 0 Å². The van der Waals surface area contributed by atoms with E-state index >= 15 is 0 Å². The van der Waals surface area contributed by atoms with Crippen LogP contribution in [0.5, 0.6) is 0 Å². The van der Waals surface area contributed by atoms with E-state index in [-0.39, 0.29) is 12.6 Å². The summed E-state index contributed by atoms with van der Waals surface area (Å²) in [7, 11) is 0. The Morgan fingerprint density at radius 1 is 1.54 bits per heavy atom. The van der Waals surface area contributed by atoms with Crippen molar-refractivity contribution in [1.82, 2.24) is 4.90 Å². The van der Waals surface area contributed by atoms with Crippen LogP contribution in [0.1, 0.15) is 26.2 Å². The molecule has 0 saturated carbocycles. The van der Waals surface area contributed by atoms with Gasteiger partial charge in [0, 0.05) is 12.6 Å². The van der Waals surface area contributed by atoms with Crippen LogP contribution in [0, 0.1) is 0 Å². The zero-order valence-electron chi connectivity index (χ0n) is 8.07. The molecule has 0 radical (unpaired) electrons. The first-order chi connectivity index (χ1) is 6.26. The highest BCUT2D eigenvalue weighted by atomic mass is 16.3. The minimum absolute atomic E-state index is 0.235. The second-order valence-electron chi connectivity index (χ2n) is 2.81. The van der Waals surface area contributed by atoms with Crippen molar-refractivity contribution in [3.05, 3.63) is 12.3 Å². The van der Waals surface area contributed by atoms with Gasteiger partial charge >= 0.3 is 0 Å². The van der Waals surface area contributed by atoms with Gasteiger partial charge in [0.15, 0.2) is 0 Å². The summed E-state index contributed by atoms with van der Waals surface area (Å²) in [5, 5.41) is 8.85. The molecule has 4 nitrogen and oxygen atoms in total. The molecule has 0 rings (SSSR count). The second-order valence-corrected chi connectivity index (χ2v) is 2.81. The Hall–Kier alpha value is -1.03. The number of unbranched alkanes of at least 4 members (excludes halogenated alkanes) is 2. The molecule has 0 aromatic carbocycles. The van der Waals surface area contributed by atoms with E-state index in [4.69, 9.17) is 10.8 Å². The minimum atomic E-state index is -0.243. The van der Waals surface area contributed by atoms with E-state index in [0.717, 1.165) is 19.3 Å². The molecule has 0 spiro atoms. The highest BCUT2D eigenvalue weighted by Crippen LogP contribution is 1.98. The maximum absolute atomic E-state index is 11.2. The van der Waals surface area contributed by atoms with Gasteiger partial charge in [0.2, 0.25) is 5.91 Å². The Morgan fingerprint density at radius 3 is 2.69 bits per heavy atom. The predicted molar refractivity (Wildman–Crippen MR) is 51.7 cm³/mol. The van der Waals surface area contributed by atoms with Gasteiger partial charge in [-0.3, -0.25) is 4.79 Å². The van der Waals surface area contributed by atoms with Crippen molar-refractivity contribution in [2.45, 2.75) is 26.2 Å². The fourth-order valence-electron chi connectivity index (χ4n) is 0.991. The molecule has 1 amide bonds. The van der Waals surface area contributed by atoms with Crippen molar-refractivity contribution < 1.29 is 9.90 Å². The van der Waals surface area contributed by atoms with Gasteiger partial charge in [0.25, 0.3) is 0 Å². The first-order valence-electron chi connectivity index (χ1n) is 4.54. The number of nitrogens with zero attached hydrogens (tertiary/aromatic N) is 1. The van der Waals surface area contributed by atoms with E-state index < -0.39 is 0 Å². The SMILES string of the molecule is CCCCCN(CO)C(=O)/C=C\N. The molecule has 0 aliphatic heterocycles. The standard InChI is InChI=1S/C9H18N2O2/c1-2-3-4-7-11(8-12)9(13)5-6-10/h5-6,12H,2-4,7-8,10H2,1H3/b6-5-. The molecule has 0 unspecified atom stereocenters. The normalized spacial score (nSPS) is 10.6. The van der Waals surface area contributed by atoms with Crippen LogP contribution in [0.25, 0.3) is 0 Å². The number of rotatable bonds is 6. The number of nitrogens with two attached hydrogens (primary N) is 1. The van der Waals surface area contributed by atoms with Crippen LogP contribution in [0.4, 0.5) is 0 Å². The molecule has 0 aliphatic carbocycles. The van der Waals surface area contributed by atoms with Gasteiger partial charge in [-0.2, -0.15) is 0 Å². The Bertz CT molecular complexity index is 169. The van der Waals surface area contributed by atoms with Gasteiger partial charge in [-0.1, -0.05) is 19.8 Å². The van der Waals surface area contributed by atoms with Gasteiger partial charge in [-0.25, -0.2) is 0 Å². The third-order valence-corrected chi connectivity index (χ3v) is 1.75. The number of hydrogen-bond donors (Lipinski definition) is 2. The number of aliphatic hydroxyl groups is 1. The Kier molecular flexibility index (Phi) is 7.01. The molecule has 0 aromatic heterocycles. The maximum Gasteiger partial charge on any atom is 0.249 e. The third-order valence-electron chi connectivity index (χ3n) is 1.75. The summed E-state index contributed by atoms with van der Waals surface area (Å²) in [6.07, 6.45) is 5.52. The summed E-state index contributed by atoms with van der Waals surface area (Å²) < 4.78 is 0. The molecule has 76 valence electrons. The number of carbonyl (C=O) groups is 1. The maximum atomic E-state index is 11.2. The average Bonchev–Trinajstić information content (AvgIpc) is 2.13. The van der Waals surface area contributed by atoms with Crippen molar-refractivity contribution >= 4 is 5.91 Å². The number of aliphatic hydroxyl groups excluding tert-OH is 1. The zero-order chi connectivity index (χ0) is 10.1. The molecule has 4 heteroatoms. The molecule has 0 bridgehead atoms. The molecule has 0 atom stereocenters. The van der Waals surface area contributed by atoms with Gasteiger partial charge in [-0.15, -0.1) is 0 Å². The summed E-state index contributed by atoms with van der Waals surface area (Å²) in [6, 6.07) is 0. The van der Waals surface area contributed by atoms with Crippen LogP contribution >= 0.6 is 0 Å². The minimum Gasteiger partial charge on any atom is -0.404 e. The number of carbonyl (C=O) groups excluding carboxylic acids is 1. The lowest BCUT2D eigenvalue weighted by molar-refractivity contribution is -0.129. The molecule has 3 N–H and O–H groups in total. The highest BCUT2D eigenvalue weighted by molar-refractivity contribution is 5.87. The zero-order valence-corrected chi connectivity index (χ0v) is 8.07. The van der Waals surface area contributed by atoms with E-state index in [1.807, 2.05) is 0 Å². The summed E-state index contributed by atoms with van der Waals surface area (Å²) in [4.78, 5) is 12.5. The van der Waals surface area contributed by atoms with Gasteiger partial charge < -0.3 is 15.7 Å². The molecule has 13 heavy (non-hydrogen) atoms. The Labute approximate surface area is 79.0 Å². The second kappa shape index (κ2) is 7.61. The summed E-state index contributed by atoms with van der Waals surface area (Å²) in [5.41, 5.74) is 5.07. The summed E-state index contributed by atoms with van der Waals surface area (Å²) in [5.74, 6) is -0.235. The van der Waals surface area contributed by atoms with Crippen molar-refractivity contribution in [2.75, 3.05) is 13.3 Å². The van der Waals surface area contributed by atoms with Crippen molar-refractivity contribution in [1.29, 1.82) is 0 Å². The Balaban J connectivity index is 3.80. The van der Waals surface area contributed by atoms with Crippen molar-refractivity contribution in [2.24, 2.45) is 5.73 Å². The topological polar surface area (TPSA) is 66.6 Å². The first kappa shape index (κ1) is 12.0. The van der Waals surface area contributed by atoms with Crippen LogP contribution in [0.3, 0.4) is 0 Å². The number of amides is 1. The molecular formula is C9H18N2O2. The monoisotopic (exact) mass is 186 g/mol. The molecule has 0 aliphatic rings. The van der Waals surface area contributed by atoms with E-state index in [9.17, 15) is 4.79 Å². The van der Waals surface area contributed by atoms with E-state index in [2.05, 4.69) is 6.92 Å². The average molecular weight is 186 g/mol. The largest absolute Gasteiger partial charge is 0.404 e. The van der Waals surface area contributed by atoms with Crippen molar-refractivity contribution in [3.8, 4) is 0 Å². The lowest BCUT2D eigenvalue weighted by Gasteiger charge is -2.17. The fourth-order valence-corrected chi connectivity index (χ4v) is 0.991. The van der Waals surface area contributed by atoms with E-state index in [1.54, 1.807) is 0 Å². The molecule has 0 aromatic rings. The third kappa shape index (κ3) is 5.25. The fraction of sp³-hybridized carbons (Fsp3) is 0.667. The van der Waals surface area contributed by atoms with Gasteiger partial charge in [0.1, 0.15) is 6.73 Å². The van der Waals surface area contributed by atoms with E-state index in [1.165, 1.54) is 17.2 Å². The molecular weight excluding hydrogens is 168 g/mol. The van der Waals surface area contributed by atoms with Gasteiger partial charge in [-0.05, 0) is 12.6 Å². The predicted octanol–water partition coefficient (Wildman–Crippen LogP) is 0.427. The van der Waals surface area contributed by atoms with Crippen LogP contribution in [-0.4, -0.2) is 29.2 Å². The quantitative estimate of drug-likeness (QED) is 0.359. The molecule has 0 fully saturated rings. The smallest absolute Gasteiger partial charge is 0.249 e. The Morgan fingerprint density at radius 2 is 2.23 bits per heavy atom. The van der Waals surface area contributed by atoms with Crippen LogP contribution in [-0.2, 0) is 4.79 Å².